The number of phenols is 1. The Hall–Kier alpha value is -3.07. The fourth-order valence-corrected chi connectivity index (χ4v) is 3.47. The fraction of sp³-hybridized carbons (Fsp3) is 0.130. The van der Waals surface area contributed by atoms with Crippen LogP contribution in [0.25, 0.3) is 0 Å². The lowest BCUT2D eigenvalue weighted by Gasteiger charge is -2.13. The van der Waals surface area contributed by atoms with Gasteiger partial charge in [-0.1, -0.05) is 42.0 Å². The van der Waals surface area contributed by atoms with E-state index in [2.05, 4.69) is 33.1 Å². The average Bonchev–Trinajstić information content (AvgIpc) is 2.74. The van der Waals surface area contributed by atoms with Gasteiger partial charge in [-0.3, -0.25) is 4.79 Å². The number of hydrogen-bond acceptors (Lipinski definition) is 5. The van der Waals surface area contributed by atoms with E-state index in [1.165, 1.54) is 23.9 Å². The Morgan fingerprint density at radius 2 is 1.90 bits per heavy atom. The molecule has 0 unspecified atom stereocenters. The average molecular weight is 516 g/mol. The van der Waals surface area contributed by atoms with Gasteiger partial charge >= 0.3 is 0 Å². The first-order valence-electron chi connectivity index (χ1n) is 9.15. The van der Waals surface area contributed by atoms with Gasteiger partial charge in [-0.15, -0.1) is 0 Å². The number of nitrogens with zero attached hydrogens (tertiary/aromatic N) is 1. The van der Waals surface area contributed by atoms with Crippen LogP contribution in [0.2, 0.25) is 0 Å². The number of carbonyl (C=O) groups is 1. The number of ether oxygens (including phenoxy) is 2. The number of halogens is 1. The molecule has 2 N–H and O–H groups in total. The molecule has 1 amide bonds. The Labute approximate surface area is 188 Å². The molecule has 154 valence electrons. The van der Waals surface area contributed by atoms with Gasteiger partial charge in [0.1, 0.15) is 12.4 Å². The number of aromatic hydroxyl groups is 1. The van der Waals surface area contributed by atoms with Crippen molar-refractivity contribution < 1.29 is 19.4 Å². The Morgan fingerprint density at radius 1 is 1.17 bits per heavy atom. The molecular formula is C23H21IN2O4. The molecule has 0 saturated heterocycles. The van der Waals surface area contributed by atoms with Crippen molar-refractivity contribution in [3.05, 3.63) is 86.5 Å². The van der Waals surface area contributed by atoms with Crippen molar-refractivity contribution in [1.29, 1.82) is 0 Å². The minimum absolute atomic E-state index is 0.100. The summed E-state index contributed by atoms with van der Waals surface area (Å²) < 4.78 is 12.3. The number of aryl methyl sites for hydroxylation is 1. The number of nitrogens with one attached hydrogen (secondary N) is 1. The van der Waals surface area contributed by atoms with Gasteiger partial charge in [0, 0.05) is 0 Å². The number of phenolic OH excluding ortho intramolecular Hbond substituents is 1. The Kier molecular flexibility index (Phi) is 7.29. The minimum Gasteiger partial charge on any atom is -0.507 e. The van der Waals surface area contributed by atoms with Crippen LogP contribution >= 0.6 is 22.6 Å². The molecule has 0 heterocycles. The number of benzene rings is 3. The molecule has 0 atom stereocenters. The van der Waals surface area contributed by atoms with Crippen LogP contribution in [-0.2, 0) is 6.61 Å². The van der Waals surface area contributed by atoms with Crippen LogP contribution in [-0.4, -0.2) is 24.3 Å². The lowest BCUT2D eigenvalue weighted by Crippen LogP contribution is -2.17. The maximum Gasteiger partial charge on any atom is 0.275 e. The Bertz CT molecular complexity index is 1070. The SMILES string of the molecule is COc1cc(/C=N\NC(=O)c2ccccc2O)cc(I)c1OCc1ccc(C)cc1. The largest absolute Gasteiger partial charge is 0.507 e. The second-order valence-electron chi connectivity index (χ2n) is 6.52. The van der Waals surface area contributed by atoms with E-state index in [0.29, 0.717) is 18.1 Å². The van der Waals surface area contributed by atoms with Gasteiger partial charge in [0.05, 0.1) is 22.5 Å². The molecule has 0 aliphatic carbocycles. The molecular weight excluding hydrogens is 495 g/mol. The minimum atomic E-state index is -0.496. The summed E-state index contributed by atoms with van der Waals surface area (Å²) in [6, 6.07) is 18.1. The maximum absolute atomic E-state index is 12.1. The summed E-state index contributed by atoms with van der Waals surface area (Å²) in [7, 11) is 1.57. The van der Waals surface area contributed by atoms with Crippen LogP contribution in [0.1, 0.15) is 27.0 Å². The van der Waals surface area contributed by atoms with Gasteiger partial charge in [-0.2, -0.15) is 5.10 Å². The summed E-state index contributed by atoms with van der Waals surface area (Å²) in [4.78, 5) is 12.1. The molecule has 7 heteroatoms. The third-order valence-electron chi connectivity index (χ3n) is 4.28. The van der Waals surface area contributed by atoms with Crippen LogP contribution in [0.3, 0.4) is 0 Å². The highest BCUT2D eigenvalue weighted by Crippen LogP contribution is 2.34. The van der Waals surface area contributed by atoms with Gasteiger partial charge in [0.15, 0.2) is 11.5 Å². The monoisotopic (exact) mass is 516 g/mol. The zero-order valence-electron chi connectivity index (χ0n) is 16.6. The van der Waals surface area contributed by atoms with Gasteiger partial charge in [-0.05, 0) is 64.9 Å². The van der Waals surface area contributed by atoms with Crippen molar-refractivity contribution in [2.24, 2.45) is 5.10 Å². The van der Waals surface area contributed by atoms with E-state index in [9.17, 15) is 9.90 Å². The number of rotatable bonds is 7. The molecule has 3 aromatic rings. The third kappa shape index (κ3) is 5.50. The predicted molar refractivity (Wildman–Crippen MR) is 124 cm³/mol. The van der Waals surface area contributed by atoms with Gasteiger partial charge in [-0.25, -0.2) is 5.43 Å². The fourth-order valence-electron chi connectivity index (χ4n) is 2.69. The zero-order valence-corrected chi connectivity index (χ0v) is 18.7. The number of amides is 1. The predicted octanol–water partition coefficient (Wildman–Crippen LogP) is 4.66. The molecule has 6 nitrogen and oxygen atoms in total. The summed E-state index contributed by atoms with van der Waals surface area (Å²) in [6.45, 7) is 2.47. The van der Waals surface area contributed by atoms with Crippen LogP contribution in [0.4, 0.5) is 0 Å². The van der Waals surface area contributed by atoms with Crippen molar-refractivity contribution in [2.45, 2.75) is 13.5 Å². The van der Waals surface area contributed by atoms with E-state index in [0.717, 1.165) is 14.7 Å². The molecule has 30 heavy (non-hydrogen) atoms. The topological polar surface area (TPSA) is 80.2 Å². The van der Waals surface area contributed by atoms with E-state index in [-0.39, 0.29) is 11.3 Å². The van der Waals surface area contributed by atoms with Crippen molar-refractivity contribution in [2.75, 3.05) is 7.11 Å². The van der Waals surface area contributed by atoms with E-state index < -0.39 is 5.91 Å². The van der Waals surface area contributed by atoms with E-state index in [4.69, 9.17) is 9.47 Å². The van der Waals surface area contributed by atoms with Crippen molar-refractivity contribution in [3.8, 4) is 17.2 Å². The molecule has 3 aromatic carbocycles. The summed E-state index contributed by atoms with van der Waals surface area (Å²) in [5, 5.41) is 13.7. The number of hydrogen-bond donors (Lipinski definition) is 2. The van der Waals surface area contributed by atoms with Gasteiger partial charge in [0.2, 0.25) is 0 Å². The molecule has 0 saturated carbocycles. The molecule has 0 aliphatic heterocycles. The lowest BCUT2D eigenvalue weighted by molar-refractivity contribution is 0.0952. The summed E-state index contributed by atoms with van der Waals surface area (Å²) in [5.74, 6) is 0.622. The first kappa shape index (κ1) is 21.6. The Morgan fingerprint density at radius 3 is 2.60 bits per heavy atom. The molecule has 0 radical (unpaired) electrons. The van der Waals surface area contributed by atoms with Crippen LogP contribution in [0, 0.1) is 10.5 Å². The normalized spacial score (nSPS) is 10.8. The molecule has 3 rings (SSSR count). The van der Waals surface area contributed by atoms with Crippen molar-refractivity contribution >= 4 is 34.7 Å². The second kappa shape index (κ2) is 10.1. The van der Waals surface area contributed by atoms with Crippen LogP contribution < -0.4 is 14.9 Å². The summed E-state index contributed by atoms with van der Waals surface area (Å²) >= 11 is 2.17. The van der Waals surface area contributed by atoms with Gasteiger partial charge < -0.3 is 14.6 Å². The highest BCUT2D eigenvalue weighted by atomic mass is 127. The number of para-hydroxylation sites is 1. The summed E-state index contributed by atoms with van der Waals surface area (Å²) in [6.07, 6.45) is 1.51. The first-order chi connectivity index (χ1) is 14.5. The van der Waals surface area contributed by atoms with Gasteiger partial charge in [0.25, 0.3) is 5.91 Å². The highest BCUT2D eigenvalue weighted by Gasteiger charge is 2.12. The van der Waals surface area contributed by atoms with E-state index >= 15 is 0 Å². The number of methoxy groups -OCH3 is 1. The third-order valence-corrected chi connectivity index (χ3v) is 5.09. The lowest BCUT2D eigenvalue weighted by atomic mass is 10.2. The standard InChI is InChI=1S/C23H21IN2O4/c1-15-7-9-16(10-8-15)14-30-22-19(24)11-17(12-21(22)29-2)13-25-26-23(28)18-5-3-4-6-20(18)27/h3-13,27H,14H2,1-2H3,(H,26,28)/b25-13-. The maximum atomic E-state index is 12.1. The number of hydrazone groups is 1. The van der Waals surface area contributed by atoms with Crippen molar-refractivity contribution in [3.63, 3.8) is 0 Å². The first-order valence-corrected chi connectivity index (χ1v) is 10.2. The second-order valence-corrected chi connectivity index (χ2v) is 7.69. The molecule has 0 aliphatic rings. The van der Waals surface area contributed by atoms with Crippen molar-refractivity contribution in [1.82, 2.24) is 5.43 Å². The number of carbonyl (C=O) groups excluding carboxylic acids is 1. The van der Waals surface area contributed by atoms with Crippen LogP contribution in [0.5, 0.6) is 17.2 Å². The molecule has 0 bridgehead atoms. The smallest absolute Gasteiger partial charge is 0.275 e. The molecule has 0 spiro atoms. The van der Waals surface area contributed by atoms with E-state index in [1.807, 2.05) is 37.3 Å². The van der Waals surface area contributed by atoms with E-state index in [1.54, 1.807) is 25.3 Å². The Balaban J connectivity index is 1.70. The molecule has 0 fully saturated rings. The summed E-state index contributed by atoms with van der Waals surface area (Å²) in [5.41, 5.74) is 5.56. The highest BCUT2D eigenvalue weighted by molar-refractivity contribution is 14.1. The molecule has 0 aromatic heterocycles. The quantitative estimate of drug-likeness (QED) is 0.272. The zero-order chi connectivity index (χ0) is 21.5. The van der Waals surface area contributed by atoms with Crippen LogP contribution in [0.15, 0.2) is 65.8 Å².